The number of fused-ring (bicyclic) bond motifs is 1. The van der Waals surface area contributed by atoms with E-state index in [0.29, 0.717) is 12.6 Å². The number of aromatic nitrogens is 1. The highest BCUT2D eigenvalue weighted by Crippen LogP contribution is 2.26. The van der Waals surface area contributed by atoms with E-state index in [1.54, 1.807) is 6.20 Å². The first kappa shape index (κ1) is 13.3. The topological polar surface area (TPSA) is 43.4 Å². The molecule has 1 N–H and O–H groups in total. The molecule has 1 fully saturated rings. The van der Waals surface area contributed by atoms with Crippen LogP contribution < -0.4 is 10.1 Å². The van der Waals surface area contributed by atoms with Crippen LogP contribution in [0.3, 0.4) is 0 Å². The fraction of sp³-hybridized carbons (Fsp3) is 0.438. The van der Waals surface area contributed by atoms with Crippen LogP contribution in [-0.4, -0.2) is 36.9 Å². The summed E-state index contributed by atoms with van der Waals surface area (Å²) in [6, 6.07) is 10.3. The van der Waals surface area contributed by atoms with E-state index < -0.39 is 0 Å². The molecule has 0 spiro atoms. The van der Waals surface area contributed by atoms with Crippen LogP contribution in [0.2, 0.25) is 0 Å². The van der Waals surface area contributed by atoms with Crippen molar-refractivity contribution < 1.29 is 9.47 Å². The second-order valence-corrected chi connectivity index (χ2v) is 5.01. The summed E-state index contributed by atoms with van der Waals surface area (Å²) in [7, 11) is 0. The molecule has 106 valence electrons. The first-order chi connectivity index (χ1) is 9.88. The van der Waals surface area contributed by atoms with Crippen molar-refractivity contribution in [2.75, 3.05) is 19.8 Å². The van der Waals surface area contributed by atoms with Crippen LogP contribution in [0.25, 0.3) is 10.9 Å². The van der Waals surface area contributed by atoms with Crippen molar-refractivity contribution >= 4 is 10.9 Å². The number of hydrogen-bond donors (Lipinski definition) is 1. The van der Waals surface area contributed by atoms with Crippen LogP contribution in [0.4, 0.5) is 0 Å². The van der Waals surface area contributed by atoms with Gasteiger partial charge in [0.1, 0.15) is 11.9 Å². The Hall–Kier alpha value is -1.65. The van der Waals surface area contributed by atoms with Gasteiger partial charge in [-0.1, -0.05) is 13.0 Å². The number of hydrogen-bond acceptors (Lipinski definition) is 4. The van der Waals surface area contributed by atoms with Gasteiger partial charge in [-0.2, -0.15) is 0 Å². The normalized spacial score (nSPS) is 22.9. The Balaban J connectivity index is 1.84. The fourth-order valence-electron chi connectivity index (χ4n) is 2.66. The van der Waals surface area contributed by atoms with Gasteiger partial charge in [-0.25, -0.2) is 0 Å². The second kappa shape index (κ2) is 6.20. The number of ether oxygens (including phenoxy) is 2. The summed E-state index contributed by atoms with van der Waals surface area (Å²) < 4.78 is 11.8. The molecule has 2 unspecified atom stereocenters. The Labute approximate surface area is 119 Å². The molecule has 2 heterocycles. The van der Waals surface area contributed by atoms with Gasteiger partial charge in [-0.05, 0) is 37.2 Å². The molecule has 20 heavy (non-hydrogen) atoms. The van der Waals surface area contributed by atoms with Gasteiger partial charge in [0, 0.05) is 24.2 Å². The molecule has 1 aliphatic rings. The van der Waals surface area contributed by atoms with Crippen LogP contribution in [0, 0.1) is 0 Å². The van der Waals surface area contributed by atoms with Crippen molar-refractivity contribution in [3.63, 3.8) is 0 Å². The molecule has 0 aliphatic carbocycles. The number of benzene rings is 1. The van der Waals surface area contributed by atoms with Crippen molar-refractivity contribution in [2.45, 2.75) is 25.5 Å². The quantitative estimate of drug-likeness (QED) is 0.928. The standard InChI is InChI=1S/C16H20N2O2/c1-2-17-14-8-10-19-11-16(14)20-15-7-3-6-13-12(15)5-4-9-18-13/h3-7,9,14,16-17H,2,8,10-11H2,1H3. The van der Waals surface area contributed by atoms with Crippen molar-refractivity contribution in [1.29, 1.82) is 0 Å². The van der Waals surface area contributed by atoms with E-state index >= 15 is 0 Å². The van der Waals surface area contributed by atoms with Crippen LogP contribution in [0.5, 0.6) is 5.75 Å². The monoisotopic (exact) mass is 272 g/mol. The Morgan fingerprint density at radius 2 is 2.30 bits per heavy atom. The number of likely N-dealkylation sites (N-methyl/N-ethyl adjacent to an activating group) is 1. The smallest absolute Gasteiger partial charge is 0.137 e. The lowest BCUT2D eigenvalue weighted by atomic mass is 10.1. The Morgan fingerprint density at radius 1 is 1.35 bits per heavy atom. The van der Waals surface area contributed by atoms with Gasteiger partial charge < -0.3 is 14.8 Å². The first-order valence-electron chi connectivity index (χ1n) is 7.20. The van der Waals surface area contributed by atoms with Crippen LogP contribution >= 0.6 is 0 Å². The molecule has 1 aromatic heterocycles. The molecular formula is C16H20N2O2. The minimum atomic E-state index is 0.0505. The Bertz CT molecular complexity index is 566. The van der Waals surface area contributed by atoms with E-state index in [4.69, 9.17) is 9.47 Å². The number of nitrogens with one attached hydrogen (secondary N) is 1. The van der Waals surface area contributed by atoms with Crippen LogP contribution in [-0.2, 0) is 4.74 Å². The highest BCUT2D eigenvalue weighted by Gasteiger charge is 2.27. The van der Waals surface area contributed by atoms with Crippen molar-refractivity contribution in [1.82, 2.24) is 10.3 Å². The summed E-state index contributed by atoms with van der Waals surface area (Å²) >= 11 is 0. The highest BCUT2D eigenvalue weighted by atomic mass is 16.5. The summed E-state index contributed by atoms with van der Waals surface area (Å²) in [5.74, 6) is 0.883. The number of nitrogens with zero attached hydrogens (tertiary/aromatic N) is 1. The molecule has 0 bridgehead atoms. The summed E-state index contributed by atoms with van der Waals surface area (Å²) in [6.45, 7) is 4.50. The fourth-order valence-corrected chi connectivity index (χ4v) is 2.66. The molecule has 4 heteroatoms. The minimum absolute atomic E-state index is 0.0505. The van der Waals surface area contributed by atoms with Gasteiger partial charge in [0.25, 0.3) is 0 Å². The predicted molar refractivity (Wildman–Crippen MR) is 79.1 cm³/mol. The lowest BCUT2D eigenvalue weighted by molar-refractivity contribution is -0.0136. The molecule has 1 saturated heterocycles. The summed E-state index contributed by atoms with van der Waals surface area (Å²) in [5, 5.41) is 4.53. The van der Waals surface area contributed by atoms with E-state index in [1.807, 2.05) is 30.3 Å². The maximum absolute atomic E-state index is 6.21. The zero-order chi connectivity index (χ0) is 13.8. The largest absolute Gasteiger partial charge is 0.486 e. The van der Waals surface area contributed by atoms with Gasteiger partial charge in [0.05, 0.1) is 12.1 Å². The van der Waals surface area contributed by atoms with Crippen molar-refractivity contribution in [3.8, 4) is 5.75 Å². The van der Waals surface area contributed by atoms with Crippen molar-refractivity contribution in [3.05, 3.63) is 36.5 Å². The Kier molecular flexibility index (Phi) is 4.14. The lowest BCUT2D eigenvalue weighted by Crippen LogP contribution is -2.49. The minimum Gasteiger partial charge on any atom is -0.486 e. The number of pyridine rings is 1. The van der Waals surface area contributed by atoms with E-state index in [9.17, 15) is 0 Å². The maximum atomic E-state index is 6.21. The number of rotatable bonds is 4. The zero-order valence-corrected chi connectivity index (χ0v) is 11.7. The van der Waals surface area contributed by atoms with E-state index in [1.165, 1.54) is 0 Å². The van der Waals surface area contributed by atoms with Gasteiger partial charge in [-0.15, -0.1) is 0 Å². The average Bonchev–Trinajstić information content (AvgIpc) is 2.50. The van der Waals surface area contributed by atoms with Crippen LogP contribution in [0.15, 0.2) is 36.5 Å². The Morgan fingerprint density at radius 3 is 3.20 bits per heavy atom. The van der Waals surface area contributed by atoms with Gasteiger partial charge in [-0.3, -0.25) is 4.98 Å². The van der Waals surface area contributed by atoms with Gasteiger partial charge in [0.2, 0.25) is 0 Å². The molecule has 2 aromatic rings. The third kappa shape index (κ3) is 2.76. The molecule has 4 nitrogen and oxygen atoms in total. The summed E-state index contributed by atoms with van der Waals surface area (Å²) in [4.78, 5) is 4.36. The molecule has 3 rings (SSSR count). The van der Waals surface area contributed by atoms with Crippen LogP contribution in [0.1, 0.15) is 13.3 Å². The lowest BCUT2D eigenvalue weighted by Gasteiger charge is -2.32. The highest BCUT2D eigenvalue weighted by molar-refractivity contribution is 5.84. The van der Waals surface area contributed by atoms with E-state index in [2.05, 4.69) is 17.2 Å². The molecule has 0 amide bonds. The van der Waals surface area contributed by atoms with Gasteiger partial charge >= 0.3 is 0 Å². The summed E-state index contributed by atoms with van der Waals surface area (Å²) in [6.07, 6.45) is 2.84. The summed E-state index contributed by atoms with van der Waals surface area (Å²) in [5.41, 5.74) is 0.960. The SMILES string of the molecule is CCNC1CCOCC1Oc1cccc2ncccc12. The van der Waals surface area contributed by atoms with E-state index in [-0.39, 0.29) is 6.10 Å². The van der Waals surface area contributed by atoms with Gasteiger partial charge in [0.15, 0.2) is 0 Å². The predicted octanol–water partition coefficient (Wildman–Crippen LogP) is 2.38. The molecule has 1 aliphatic heterocycles. The van der Waals surface area contributed by atoms with Crippen molar-refractivity contribution in [2.24, 2.45) is 0 Å². The first-order valence-corrected chi connectivity index (χ1v) is 7.20. The molecule has 1 aromatic carbocycles. The molecular weight excluding hydrogens is 252 g/mol. The third-order valence-corrected chi connectivity index (χ3v) is 3.65. The zero-order valence-electron chi connectivity index (χ0n) is 11.7. The third-order valence-electron chi connectivity index (χ3n) is 3.65. The maximum Gasteiger partial charge on any atom is 0.137 e. The molecule has 0 saturated carbocycles. The molecule has 2 atom stereocenters. The second-order valence-electron chi connectivity index (χ2n) is 5.01. The molecule has 0 radical (unpaired) electrons. The average molecular weight is 272 g/mol. The van der Waals surface area contributed by atoms with E-state index in [0.717, 1.165) is 36.2 Å².